The van der Waals surface area contributed by atoms with Gasteiger partial charge in [0.25, 0.3) is 5.56 Å². The highest BCUT2D eigenvalue weighted by Crippen LogP contribution is 2.40. The Labute approximate surface area is 167 Å². The summed E-state index contributed by atoms with van der Waals surface area (Å²) in [7, 11) is 4.54. The number of carbonyl (C=O) groups excluding carboxylic acids is 1. The van der Waals surface area contributed by atoms with E-state index in [4.69, 9.17) is 14.2 Å². The fourth-order valence-corrected chi connectivity index (χ4v) is 4.28. The van der Waals surface area contributed by atoms with E-state index in [2.05, 4.69) is 10.3 Å². The molecule has 3 rings (SSSR count). The first-order valence-corrected chi connectivity index (χ1v) is 9.70. The molecule has 28 heavy (non-hydrogen) atoms. The second kappa shape index (κ2) is 8.14. The van der Waals surface area contributed by atoms with Gasteiger partial charge >= 0.3 is 0 Å². The van der Waals surface area contributed by atoms with Crippen LogP contribution in [-0.4, -0.2) is 42.5 Å². The summed E-state index contributed by atoms with van der Waals surface area (Å²) in [5, 5.41) is 3.51. The number of carbonyl (C=O) groups is 1. The quantitative estimate of drug-likeness (QED) is 0.739. The molecule has 0 spiro atoms. The van der Waals surface area contributed by atoms with Crippen molar-refractivity contribution in [1.29, 1.82) is 0 Å². The third-order valence-corrected chi connectivity index (χ3v) is 5.79. The Bertz CT molecular complexity index is 948. The van der Waals surface area contributed by atoms with Gasteiger partial charge in [-0.2, -0.15) is 0 Å². The maximum atomic E-state index is 12.6. The third kappa shape index (κ3) is 3.66. The smallest absolute Gasteiger partial charge is 0.257 e. The molecule has 150 valence electrons. The summed E-state index contributed by atoms with van der Waals surface area (Å²) in [6.07, 6.45) is 0.167. The van der Waals surface area contributed by atoms with Gasteiger partial charge in [0.15, 0.2) is 16.7 Å². The summed E-state index contributed by atoms with van der Waals surface area (Å²) in [5.41, 5.74) is 1.78. The van der Waals surface area contributed by atoms with Gasteiger partial charge in [-0.3, -0.25) is 14.2 Å². The van der Waals surface area contributed by atoms with Crippen molar-refractivity contribution in [2.45, 2.75) is 31.5 Å². The maximum Gasteiger partial charge on any atom is 0.257 e. The standard InChI is InChI=1S/C19H23N3O5S/c1-10-11(2)20-19-22(18(10)24)13(9-28-19)8-16(23)21-12-6-14(25-3)17(27-5)15(7-12)26-4/h6-7,13H,8-9H2,1-5H3,(H,21,23). The molecular formula is C19H23N3O5S. The van der Waals surface area contributed by atoms with E-state index in [9.17, 15) is 9.59 Å². The first kappa shape index (κ1) is 20.1. The van der Waals surface area contributed by atoms with Crippen LogP contribution >= 0.6 is 11.8 Å². The Morgan fingerprint density at radius 2 is 1.86 bits per heavy atom. The SMILES string of the molecule is COc1cc(NC(=O)CC2CSc3nc(C)c(C)c(=O)n32)cc(OC)c1OC. The van der Waals surface area contributed by atoms with Crippen LogP contribution < -0.4 is 25.1 Å². The number of amides is 1. The minimum absolute atomic E-state index is 0.0851. The van der Waals surface area contributed by atoms with E-state index in [1.54, 1.807) is 23.6 Å². The topological polar surface area (TPSA) is 91.7 Å². The first-order valence-electron chi connectivity index (χ1n) is 8.72. The number of rotatable bonds is 6. The number of aryl methyl sites for hydroxylation is 1. The molecule has 1 N–H and O–H groups in total. The molecule has 2 heterocycles. The number of ether oxygens (including phenoxy) is 3. The van der Waals surface area contributed by atoms with Crippen molar-refractivity contribution < 1.29 is 19.0 Å². The van der Waals surface area contributed by atoms with Crippen LogP contribution in [0.5, 0.6) is 17.2 Å². The average Bonchev–Trinajstić information content (AvgIpc) is 3.07. The highest BCUT2D eigenvalue weighted by molar-refractivity contribution is 7.99. The number of methoxy groups -OCH3 is 3. The number of aromatic nitrogens is 2. The minimum atomic E-state index is -0.235. The van der Waals surface area contributed by atoms with Crippen LogP contribution in [0.15, 0.2) is 22.1 Å². The van der Waals surface area contributed by atoms with Crippen molar-refractivity contribution in [3.63, 3.8) is 0 Å². The fourth-order valence-electron chi connectivity index (χ4n) is 3.10. The summed E-state index contributed by atoms with van der Waals surface area (Å²) in [5.74, 6) is 1.77. The van der Waals surface area contributed by atoms with Gasteiger partial charge in [0.2, 0.25) is 11.7 Å². The molecule has 2 aromatic rings. The summed E-state index contributed by atoms with van der Waals surface area (Å²) >= 11 is 1.49. The Morgan fingerprint density at radius 1 is 1.21 bits per heavy atom. The molecule has 1 aromatic heterocycles. The molecule has 9 heteroatoms. The van der Waals surface area contributed by atoms with Crippen LogP contribution in [0.25, 0.3) is 0 Å². The van der Waals surface area contributed by atoms with Crippen LogP contribution in [-0.2, 0) is 4.79 Å². The third-order valence-electron chi connectivity index (χ3n) is 4.69. The lowest BCUT2D eigenvalue weighted by atomic mass is 10.2. The summed E-state index contributed by atoms with van der Waals surface area (Å²) in [6, 6.07) is 3.09. The number of fused-ring (bicyclic) bond motifs is 1. The number of nitrogens with zero attached hydrogens (tertiary/aromatic N) is 2. The molecule has 1 aliphatic heterocycles. The van der Waals surface area contributed by atoms with E-state index in [0.717, 1.165) is 5.69 Å². The second-order valence-electron chi connectivity index (χ2n) is 6.41. The number of nitrogens with one attached hydrogen (secondary N) is 1. The van der Waals surface area contributed by atoms with Gasteiger partial charge in [-0.25, -0.2) is 4.98 Å². The zero-order valence-corrected chi connectivity index (χ0v) is 17.3. The lowest BCUT2D eigenvalue weighted by Gasteiger charge is -2.16. The lowest BCUT2D eigenvalue weighted by molar-refractivity contribution is -0.116. The zero-order valence-electron chi connectivity index (χ0n) is 16.5. The zero-order chi connectivity index (χ0) is 20.4. The highest BCUT2D eigenvalue weighted by atomic mass is 32.2. The van der Waals surface area contributed by atoms with E-state index >= 15 is 0 Å². The molecular weight excluding hydrogens is 382 g/mol. The second-order valence-corrected chi connectivity index (χ2v) is 7.40. The Morgan fingerprint density at radius 3 is 2.43 bits per heavy atom. The van der Waals surface area contributed by atoms with E-state index in [1.165, 1.54) is 33.1 Å². The molecule has 0 aliphatic carbocycles. The molecule has 1 aromatic carbocycles. The predicted octanol–water partition coefficient (Wildman–Crippen LogP) is 2.56. The minimum Gasteiger partial charge on any atom is -0.493 e. The lowest BCUT2D eigenvalue weighted by Crippen LogP contribution is -2.29. The van der Waals surface area contributed by atoms with Crippen molar-refractivity contribution in [2.75, 3.05) is 32.4 Å². The summed E-state index contributed by atoms with van der Waals surface area (Å²) in [6.45, 7) is 3.58. The number of benzene rings is 1. The van der Waals surface area contributed by atoms with E-state index in [-0.39, 0.29) is 23.9 Å². The monoisotopic (exact) mass is 405 g/mol. The van der Waals surface area contributed by atoms with Crippen molar-refractivity contribution >= 4 is 23.4 Å². The Balaban J connectivity index is 1.80. The number of thioether (sulfide) groups is 1. The largest absolute Gasteiger partial charge is 0.493 e. The Hall–Kier alpha value is -2.68. The van der Waals surface area contributed by atoms with Gasteiger partial charge in [-0.15, -0.1) is 0 Å². The highest BCUT2D eigenvalue weighted by Gasteiger charge is 2.28. The first-order chi connectivity index (χ1) is 13.4. The summed E-state index contributed by atoms with van der Waals surface area (Å²) < 4.78 is 17.5. The van der Waals surface area contributed by atoms with Crippen molar-refractivity contribution in [3.8, 4) is 17.2 Å². The van der Waals surface area contributed by atoms with Gasteiger partial charge in [0.05, 0.1) is 27.4 Å². The van der Waals surface area contributed by atoms with Crippen LogP contribution in [0.4, 0.5) is 5.69 Å². The van der Waals surface area contributed by atoms with Gasteiger partial charge in [0.1, 0.15) is 0 Å². The average molecular weight is 405 g/mol. The molecule has 1 amide bonds. The molecule has 1 aliphatic rings. The normalized spacial score (nSPS) is 15.1. The fraction of sp³-hybridized carbons (Fsp3) is 0.421. The number of anilines is 1. The van der Waals surface area contributed by atoms with Crippen molar-refractivity contribution in [2.24, 2.45) is 0 Å². The maximum absolute atomic E-state index is 12.6. The van der Waals surface area contributed by atoms with Crippen molar-refractivity contribution in [1.82, 2.24) is 9.55 Å². The molecule has 0 bridgehead atoms. The number of hydrogen-bond acceptors (Lipinski definition) is 7. The van der Waals surface area contributed by atoms with E-state index in [1.807, 2.05) is 6.92 Å². The molecule has 0 saturated heterocycles. The molecule has 1 atom stereocenters. The van der Waals surface area contributed by atoms with Gasteiger partial charge in [0, 0.05) is 41.3 Å². The van der Waals surface area contributed by atoms with Crippen LogP contribution in [0.2, 0.25) is 0 Å². The van der Waals surface area contributed by atoms with E-state index < -0.39 is 0 Å². The van der Waals surface area contributed by atoms with Crippen LogP contribution in [0.3, 0.4) is 0 Å². The molecule has 0 fully saturated rings. The Kier molecular flexibility index (Phi) is 5.83. The molecule has 0 radical (unpaired) electrons. The molecule has 1 unspecified atom stereocenters. The molecule has 0 saturated carbocycles. The number of hydrogen-bond donors (Lipinski definition) is 1. The van der Waals surface area contributed by atoms with E-state index in [0.29, 0.717) is 39.4 Å². The van der Waals surface area contributed by atoms with Crippen LogP contribution in [0.1, 0.15) is 23.7 Å². The van der Waals surface area contributed by atoms with Gasteiger partial charge < -0.3 is 19.5 Å². The van der Waals surface area contributed by atoms with Crippen molar-refractivity contribution in [3.05, 3.63) is 33.7 Å². The summed E-state index contributed by atoms with van der Waals surface area (Å²) in [4.78, 5) is 29.7. The molecule has 8 nitrogen and oxygen atoms in total. The van der Waals surface area contributed by atoms with Gasteiger partial charge in [-0.05, 0) is 13.8 Å². The van der Waals surface area contributed by atoms with Crippen LogP contribution in [0, 0.1) is 13.8 Å². The van der Waals surface area contributed by atoms with Gasteiger partial charge in [-0.1, -0.05) is 11.8 Å². The predicted molar refractivity (Wildman–Crippen MR) is 107 cm³/mol.